The molecule has 3 heterocycles. The van der Waals surface area contributed by atoms with E-state index in [1.807, 2.05) is 18.5 Å². The van der Waals surface area contributed by atoms with Crippen molar-refractivity contribution in [3.63, 3.8) is 0 Å². The highest BCUT2D eigenvalue weighted by Gasteiger charge is 2.18. The van der Waals surface area contributed by atoms with Gasteiger partial charge in [-0.3, -0.25) is 4.90 Å². The first-order valence-corrected chi connectivity index (χ1v) is 8.68. The maximum absolute atomic E-state index is 4.55. The number of aromatic nitrogens is 3. The third kappa shape index (κ3) is 3.41. The van der Waals surface area contributed by atoms with E-state index in [0.29, 0.717) is 0 Å². The van der Waals surface area contributed by atoms with E-state index in [4.69, 9.17) is 0 Å². The minimum absolute atomic E-state index is 0.931. The first-order valence-electron chi connectivity index (χ1n) is 8.68. The van der Waals surface area contributed by atoms with Crippen molar-refractivity contribution < 1.29 is 0 Å². The smallest absolute Gasteiger partial charge is 0.137 e. The van der Waals surface area contributed by atoms with E-state index in [0.717, 1.165) is 57.2 Å². The van der Waals surface area contributed by atoms with Gasteiger partial charge in [-0.05, 0) is 25.0 Å². The van der Waals surface area contributed by atoms with Crippen LogP contribution in [0.3, 0.4) is 0 Å². The Morgan fingerprint density at radius 2 is 1.96 bits per heavy atom. The molecular formula is C19H23N5. The zero-order valence-corrected chi connectivity index (χ0v) is 13.9. The van der Waals surface area contributed by atoms with Gasteiger partial charge in [-0.1, -0.05) is 24.3 Å². The summed E-state index contributed by atoms with van der Waals surface area (Å²) < 4.78 is 0. The van der Waals surface area contributed by atoms with Crippen LogP contribution in [-0.2, 0) is 6.54 Å². The Morgan fingerprint density at radius 3 is 2.71 bits per heavy atom. The number of hydrogen-bond donors (Lipinski definition) is 1. The SMILES string of the molecule is C1=CC(c2ncc(CN3CCN(c4ccccn4)CC3)[nH]2)=CCC1. The van der Waals surface area contributed by atoms with Gasteiger partial charge in [0.25, 0.3) is 0 Å². The van der Waals surface area contributed by atoms with Crippen LogP contribution in [0.1, 0.15) is 24.4 Å². The number of hydrogen-bond acceptors (Lipinski definition) is 4. The van der Waals surface area contributed by atoms with Gasteiger partial charge in [0.05, 0.1) is 0 Å². The van der Waals surface area contributed by atoms with Crippen LogP contribution >= 0.6 is 0 Å². The van der Waals surface area contributed by atoms with Gasteiger partial charge < -0.3 is 9.88 Å². The van der Waals surface area contributed by atoms with E-state index in [2.05, 4.69) is 55.1 Å². The van der Waals surface area contributed by atoms with Crippen LogP contribution < -0.4 is 4.90 Å². The predicted octanol–water partition coefficient (Wildman–Crippen LogP) is 2.86. The molecule has 24 heavy (non-hydrogen) atoms. The fourth-order valence-electron chi connectivity index (χ4n) is 3.29. The molecule has 2 aromatic rings. The fourth-order valence-corrected chi connectivity index (χ4v) is 3.29. The van der Waals surface area contributed by atoms with E-state index in [1.54, 1.807) is 0 Å². The average Bonchev–Trinajstić information content (AvgIpc) is 3.12. The number of rotatable bonds is 4. The third-order valence-corrected chi connectivity index (χ3v) is 4.64. The lowest BCUT2D eigenvalue weighted by atomic mass is 10.1. The van der Waals surface area contributed by atoms with Crippen molar-refractivity contribution in [2.24, 2.45) is 0 Å². The molecule has 0 spiro atoms. The lowest BCUT2D eigenvalue weighted by molar-refractivity contribution is 0.247. The number of piperazine rings is 1. The molecule has 0 atom stereocenters. The number of nitrogens with one attached hydrogen (secondary N) is 1. The van der Waals surface area contributed by atoms with Crippen LogP contribution in [0.25, 0.3) is 5.57 Å². The molecule has 1 aliphatic carbocycles. The number of aromatic amines is 1. The number of nitrogens with zero attached hydrogens (tertiary/aromatic N) is 4. The minimum Gasteiger partial charge on any atom is -0.354 e. The van der Waals surface area contributed by atoms with E-state index in [1.165, 1.54) is 11.3 Å². The van der Waals surface area contributed by atoms with Crippen molar-refractivity contribution in [3.8, 4) is 0 Å². The van der Waals surface area contributed by atoms with E-state index in [9.17, 15) is 0 Å². The number of pyridine rings is 1. The molecule has 1 aliphatic heterocycles. The molecule has 0 amide bonds. The molecule has 2 aliphatic rings. The topological polar surface area (TPSA) is 48.1 Å². The molecule has 0 saturated carbocycles. The van der Waals surface area contributed by atoms with Gasteiger partial charge in [0.1, 0.15) is 11.6 Å². The van der Waals surface area contributed by atoms with Gasteiger partial charge in [-0.2, -0.15) is 0 Å². The highest BCUT2D eigenvalue weighted by molar-refractivity contribution is 5.70. The summed E-state index contributed by atoms with van der Waals surface area (Å²) in [6.45, 7) is 5.07. The molecule has 4 rings (SSSR count). The monoisotopic (exact) mass is 321 g/mol. The standard InChI is InChI=1S/C19H23N5/c1-2-6-16(7-3-1)19-21-14-17(22-19)15-23-10-12-24(13-11-23)18-8-4-5-9-20-18/h2,4-9,14H,1,3,10-13,15H2,(H,21,22). The van der Waals surface area contributed by atoms with Crippen molar-refractivity contribution in [3.05, 3.63) is 60.3 Å². The zero-order valence-electron chi connectivity index (χ0n) is 13.9. The number of imidazole rings is 1. The number of H-pyrrole nitrogens is 1. The maximum atomic E-state index is 4.55. The van der Waals surface area contributed by atoms with Gasteiger partial charge in [-0.15, -0.1) is 0 Å². The Bertz CT molecular complexity index is 723. The summed E-state index contributed by atoms with van der Waals surface area (Å²) in [7, 11) is 0. The molecule has 2 aromatic heterocycles. The van der Waals surface area contributed by atoms with Crippen molar-refractivity contribution >= 4 is 11.4 Å². The lowest BCUT2D eigenvalue weighted by Crippen LogP contribution is -2.46. The Morgan fingerprint density at radius 1 is 1.04 bits per heavy atom. The second kappa shape index (κ2) is 7.01. The largest absolute Gasteiger partial charge is 0.354 e. The van der Waals surface area contributed by atoms with Crippen molar-refractivity contribution in [1.29, 1.82) is 0 Å². The van der Waals surface area contributed by atoms with Crippen LogP contribution in [0, 0.1) is 0 Å². The minimum atomic E-state index is 0.931. The highest BCUT2D eigenvalue weighted by atomic mass is 15.3. The maximum Gasteiger partial charge on any atom is 0.137 e. The Kier molecular flexibility index (Phi) is 4.42. The fraction of sp³-hybridized carbons (Fsp3) is 0.368. The highest BCUT2D eigenvalue weighted by Crippen LogP contribution is 2.19. The predicted molar refractivity (Wildman–Crippen MR) is 96.7 cm³/mol. The second-order valence-electron chi connectivity index (χ2n) is 6.35. The molecule has 0 aromatic carbocycles. The van der Waals surface area contributed by atoms with Crippen LogP contribution in [0.5, 0.6) is 0 Å². The molecule has 5 heteroatoms. The molecular weight excluding hydrogens is 298 g/mol. The van der Waals surface area contributed by atoms with Gasteiger partial charge in [0, 0.05) is 56.4 Å². The lowest BCUT2D eigenvalue weighted by Gasteiger charge is -2.35. The quantitative estimate of drug-likeness (QED) is 0.941. The number of allylic oxidation sites excluding steroid dienone is 4. The van der Waals surface area contributed by atoms with Crippen molar-refractivity contribution in [1.82, 2.24) is 19.9 Å². The van der Waals surface area contributed by atoms with Crippen molar-refractivity contribution in [2.45, 2.75) is 19.4 Å². The molecule has 1 saturated heterocycles. The molecule has 1 N–H and O–H groups in total. The molecule has 1 fully saturated rings. The average molecular weight is 321 g/mol. The van der Waals surface area contributed by atoms with Crippen LogP contribution in [-0.4, -0.2) is 46.0 Å². The Balaban J connectivity index is 1.33. The zero-order chi connectivity index (χ0) is 16.2. The summed E-state index contributed by atoms with van der Waals surface area (Å²) in [5, 5.41) is 0. The summed E-state index contributed by atoms with van der Waals surface area (Å²) in [6, 6.07) is 6.10. The molecule has 0 bridgehead atoms. The Hall–Kier alpha value is -2.40. The summed E-state index contributed by atoms with van der Waals surface area (Å²) in [4.78, 5) is 17.3. The van der Waals surface area contributed by atoms with Crippen LogP contribution in [0.2, 0.25) is 0 Å². The second-order valence-corrected chi connectivity index (χ2v) is 6.35. The van der Waals surface area contributed by atoms with Gasteiger partial charge in [-0.25, -0.2) is 9.97 Å². The van der Waals surface area contributed by atoms with E-state index < -0.39 is 0 Å². The first-order chi connectivity index (χ1) is 11.9. The Labute approximate surface area is 142 Å². The normalized spacial score (nSPS) is 18.7. The van der Waals surface area contributed by atoms with Gasteiger partial charge >= 0.3 is 0 Å². The summed E-state index contributed by atoms with van der Waals surface area (Å²) in [6.07, 6.45) is 12.7. The molecule has 0 radical (unpaired) electrons. The van der Waals surface area contributed by atoms with Gasteiger partial charge in [0.2, 0.25) is 0 Å². The first kappa shape index (κ1) is 15.1. The summed E-state index contributed by atoms with van der Waals surface area (Å²) >= 11 is 0. The van der Waals surface area contributed by atoms with Crippen LogP contribution in [0.4, 0.5) is 5.82 Å². The third-order valence-electron chi connectivity index (χ3n) is 4.64. The molecule has 124 valence electrons. The van der Waals surface area contributed by atoms with Crippen LogP contribution in [0.15, 0.2) is 48.8 Å². The van der Waals surface area contributed by atoms with E-state index >= 15 is 0 Å². The number of anilines is 1. The van der Waals surface area contributed by atoms with Gasteiger partial charge in [0.15, 0.2) is 0 Å². The van der Waals surface area contributed by atoms with E-state index in [-0.39, 0.29) is 0 Å². The van der Waals surface area contributed by atoms with Crippen molar-refractivity contribution in [2.75, 3.05) is 31.1 Å². The molecule has 0 unspecified atom stereocenters. The summed E-state index contributed by atoms with van der Waals surface area (Å²) in [5.74, 6) is 2.07. The molecule has 5 nitrogen and oxygen atoms in total. The summed E-state index contributed by atoms with van der Waals surface area (Å²) in [5.41, 5.74) is 2.41.